The van der Waals surface area contributed by atoms with Gasteiger partial charge in [0, 0.05) is 22.0 Å². The lowest BCUT2D eigenvalue weighted by atomic mass is 10.4. The number of hydrogen-bond donors (Lipinski definition) is 1. The molecule has 5 nitrogen and oxygen atoms in total. The Labute approximate surface area is 127 Å². The number of aromatic amines is 1. The largest absolute Gasteiger partial charge is 0.301 e. The van der Waals surface area contributed by atoms with Crippen molar-refractivity contribution in [3.8, 4) is 0 Å². The van der Waals surface area contributed by atoms with Crippen molar-refractivity contribution >= 4 is 44.9 Å². The van der Waals surface area contributed by atoms with Crippen LogP contribution >= 0.6 is 34.7 Å². The number of hydrogen-bond acceptors (Lipinski definition) is 6. The van der Waals surface area contributed by atoms with Crippen molar-refractivity contribution < 1.29 is 0 Å². The van der Waals surface area contributed by atoms with E-state index in [9.17, 15) is 4.79 Å². The minimum Gasteiger partial charge on any atom is -0.301 e. The summed E-state index contributed by atoms with van der Waals surface area (Å²) in [4.78, 5) is 28.8. The molecule has 1 N–H and O–H groups in total. The number of nitrogens with one attached hydrogen (secondary N) is 1. The zero-order chi connectivity index (χ0) is 14.3. The number of halogens is 1. The second kappa shape index (κ2) is 5.16. The van der Waals surface area contributed by atoms with E-state index in [2.05, 4.69) is 19.9 Å². The van der Waals surface area contributed by atoms with Gasteiger partial charge in [-0.3, -0.25) is 4.79 Å². The number of thiophene rings is 1. The fourth-order valence-electron chi connectivity index (χ4n) is 1.76. The van der Waals surface area contributed by atoms with Gasteiger partial charge in [0.05, 0.1) is 0 Å². The summed E-state index contributed by atoms with van der Waals surface area (Å²) >= 11 is 8.77. The van der Waals surface area contributed by atoms with Gasteiger partial charge in [-0.25, -0.2) is 15.0 Å². The Morgan fingerprint density at radius 3 is 2.80 bits per heavy atom. The maximum atomic E-state index is 11.5. The van der Waals surface area contributed by atoms with E-state index in [0.717, 1.165) is 15.1 Å². The van der Waals surface area contributed by atoms with Gasteiger partial charge in [-0.2, -0.15) is 0 Å². The molecule has 3 aromatic heterocycles. The van der Waals surface area contributed by atoms with Gasteiger partial charge in [-0.15, -0.1) is 11.3 Å². The molecule has 0 amide bonds. The highest BCUT2D eigenvalue weighted by Crippen LogP contribution is 2.34. The summed E-state index contributed by atoms with van der Waals surface area (Å²) in [6, 6.07) is 3.45. The molecule has 0 aromatic carbocycles. The van der Waals surface area contributed by atoms with Crippen LogP contribution in [0.1, 0.15) is 10.6 Å². The highest BCUT2D eigenvalue weighted by molar-refractivity contribution is 7.99. The molecule has 0 fully saturated rings. The minimum atomic E-state index is -0.183. The summed E-state index contributed by atoms with van der Waals surface area (Å²) in [5.41, 5.74) is 0.479. The first-order chi connectivity index (χ1) is 9.51. The number of aryl methyl sites for hydroxylation is 2. The zero-order valence-corrected chi connectivity index (χ0v) is 13.0. The Morgan fingerprint density at radius 1 is 1.25 bits per heavy atom. The van der Waals surface area contributed by atoms with E-state index in [1.54, 1.807) is 18.3 Å². The molecule has 3 aromatic rings. The molecule has 0 bridgehead atoms. The lowest BCUT2D eigenvalue weighted by Gasteiger charge is -2.02. The molecule has 0 unspecified atom stereocenters. The van der Waals surface area contributed by atoms with Gasteiger partial charge in [0.2, 0.25) is 5.28 Å². The van der Waals surface area contributed by atoms with Gasteiger partial charge in [-0.1, -0.05) is 0 Å². The summed E-state index contributed by atoms with van der Waals surface area (Å²) in [7, 11) is 0. The van der Waals surface area contributed by atoms with Crippen LogP contribution in [0.4, 0.5) is 0 Å². The number of nitrogens with zero attached hydrogens (tertiary/aromatic N) is 3. The third-order valence-corrected chi connectivity index (χ3v) is 4.50. The molecule has 3 heterocycles. The highest BCUT2D eigenvalue weighted by atomic mass is 35.5. The third-order valence-electron chi connectivity index (χ3n) is 2.50. The number of rotatable bonds is 2. The van der Waals surface area contributed by atoms with Gasteiger partial charge in [0.25, 0.3) is 5.56 Å². The van der Waals surface area contributed by atoms with Crippen molar-refractivity contribution in [2.75, 3.05) is 0 Å². The molecule has 0 radical (unpaired) electrons. The van der Waals surface area contributed by atoms with E-state index in [1.807, 2.05) is 13.0 Å². The minimum absolute atomic E-state index is 0.183. The Hall–Kier alpha value is -1.44. The Bertz CT molecular complexity index is 858. The molecule has 102 valence electrons. The van der Waals surface area contributed by atoms with Gasteiger partial charge in [-0.05, 0) is 43.3 Å². The fraction of sp³-hybridized carbons (Fsp3) is 0.167. The lowest BCUT2D eigenvalue weighted by Crippen LogP contribution is -2.08. The first-order valence-electron chi connectivity index (χ1n) is 5.71. The molecule has 3 rings (SSSR count). The number of aromatic nitrogens is 4. The summed E-state index contributed by atoms with van der Waals surface area (Å²) < 4.78 is 0. The van der Waals surface area contributed by atoms with Gasteiger partial charge >= 0.3 is 0 Å². The van der Waals surface area contributed by atoms with Crippen LogP contribution in [0.2, 0.25) is 5.28 Å². The lowest BCUT2D eigenvalue weighted by molar-refractivity contribution is 0.902. The van der Waals surface area contributed by atoms with E-state index in [-0.39, 0.29) is 10.8 Å². The molecule has 0 aliphatic rings. The van der Waals surface area contributed by atoms with Crippen LogP contribution in [0.15, 0.2) is 27.1 Å². The second-order valence-corrected chi connectivity index (χ2v) is 6.72. The van der Waals surface area contributed by atoms with Crippen LogP contribution in [-0.4, -0.2) is 19.9 Å². The summed E-state index contributed by atoms with van der Waals surface area (Å²) in [5.74, 6) is 0. The Morgan fingerprint density at radius 2 is 2.05 bits per heavy atom. The summed E-state index contributed by atoms with van der Waals surface area (Å²) in [6.45, 7) is 3.78. The monoisotopic (exact) mass is 324 g/mol. The molecule has 0 saturated heterocycles. The normalized spacial score (nSPS) is 11.2. The third kappa shape index (κ3) is 2.70. The van der Waals surface area contributed by atoms with Crippen molar-refractivity contribution in [2.24, 2.45) is 0 Å². The predicted molar refractivity (Wildman–Crippen MR) is 80.9 cm³/mol. The van der Waals surface area contributed by atoms with Crippen molar-refractivity contribution in [1.82, 2.24) is 19.9 Å². The smallest absolute Gasteiger partial charge is 0.251 e. The molecule has 0 atom stereocenters. The van der Waals surface area contributed by atoms with Crippen molar-refractivity contribution in [1.29, 1.82) is 0 Å². The molecule has 0 aliphatic heterocycles. The Kier molecular flexibility index (Phi) is 3.49. The number of H-pyrrole nitrogens is 1. The quantitative estimate of drug-likeness (QED) is 0.579. The summed E-state index contributed by atoms with van der Waals surface area (Å²) in [5, 5.41) is 2.30. The molecule has 0 aliphatic carbocycles. The van der Waals surface area contributed by atoms with E-state index in [1.165, 1.54) is 17.8 Å². The molecule has 20 heavy (non-hydrogen) atoms. The molecule has 8 heteroatoms. The summed E-state index contributed by atoms with van der Waals surface area (Å²) in [6.07, 6.45) is 0. The second-order valence-electron chi connectivity index (χ2n) is 4.17. The predicted octanol–water partition coefficient (Wildman–Crippen LogP) is 3.20. The van der Waals surface area contributed by atoms with E-state index in [0.29, 0.717) is 15.9 Å². The van der Waals surface area contributed by atoms with E-state index in [4.69, 9.17) is 11.6 Å². The van der Waals surface area contributed by atoms with Gasteiger partial charge in [0.1, 0.15) is 9.86 Å². The highest BCUT2D eigenvalue weighted by Gasteiger charge is 2.12. The first-order valence-corrected chi connectivity index (χ1v) is 7.72. The van der Waals surface area contributed by atoms with Crippen LogP contribution < -0.4 is 5.56 Å². The van der Waals surface area contributed by atoms with Gasteiger partial charge < -0.3 is 4.98 Å². The fourth-order valence-corrected chi connectivity index (χ4v) is 3.90. The standard InChI is InChI=1S/C12H9ClN4OS2/c1-5-3-8(18)15-12(14-5)20-10-7-4-6(2)19-9(7)16-11(13)17-10/h3-4H,1-2H3,(H,14,15,18). The maximum absolute atomic E-state index is 11.5. The van der Waals surface area contributed by atoms with Crippen LogP contribution in [0.3, 0.4) is 0 Å². The molecular weight excluding hydrogens is 316 g/mol. The first kappa shape index (κ1) is 13.5. The molecule has 0 spiro atoms. The van der Waals surface area contributed by atoms with E-state index >= 15 is 0 Å². The average Bonchev–Trinajstić information content (AvgIpc) is 2.68. The number of fused-ring (bicyclic) bond motifs is 1. The van der Waals surface area contributed by atoms with Crippen LogP contribution in [0.5, 0.6) is 0 Å². The van der Waals surface area contributed by atoms with Gasteiger partial charge in [0.15, 0.2) is 5.16 Å². The molecular formula is C12H9ClN4OS2. The van der Waals surface area contributed by atoms with Crippen molar-refractivity contribution in [3.63, 3.8) is 0 Å². The van der Waals surface area contributed by atoms with E-state index < -0.39 is 0 Å². The SMILES string of the molecule is Cc1cc(=O)[nH]c(Sc2nc(Cl)nc3sc(C)cc23)n1. The van der Waals surface area contributed by atoms with Crippen LogP contribution in [0, 0.1) is 13.8 Å². The van der Waals surface area contributed by atoms with Crippen LogP contribution in [-0.2, 0) is 0 Å². The maximum Gasteiger partial charge on any atom is 0.251 e. The zero-order valence-electron chi connectivity index (χ0n) is 10.6. The molecule has 0 saturated carbocycles. The topological polar surface area (TPSA) is 71.5 Å². The average molecular weight is 325 g/mol. The van der Waals surface area contributed by atoms with Crippen LogP contribution in [0.25, 0.3) is 10.2 Å². The Balaban J connectivity index is 2.12. The van der Waals surface area contributed by atoms with Crippen molar-refractivity contribution in [2.45, 2.75) is 24.0 Å². The van der Waals surface area contributed by atoms with Crippen molar-refractivity contribution in [3.05, 3.63) is 38.3 Å².